The number of nitrogens with zero attached hydrogens (tertiary/aromatic N) is 2. The van der Waals surface area contributed by atoms with Crippen molar-refractivity contribution in [1.29, 1.82) is 0 Å². The summed E-state index contributed by atoms with van der Waals surface area (Å²) in [7, 11) is -3.90. The van der Waals surface area contributed by atoms with Gasteiger partial charge in [0.15, 0.2) is 6.61 Å². The fraction of sp³-hybridized carbons (Fsp3) is 0.318. The Balaban J connectivity index is 1.81. The van der Waals surface area contributed by atoms with Crippen LogP contribution in [0.1, 0.15) is 26.7 Å². The lowest BCUT2D eigenvalue weighted by atomic mass is 10.1. The van der Waals surface area contributed by atoms with Gasteiger partial charge < -0.3 is 9.64 Å². The Morgan fingerprint density at radius 3 is 2.34 bits per heavy atom. The Labute approximate surface area is 186 Å². The van der Waals surface area contributed by atoms with Crippen molar-refractivity contribution in [2.24, 2.45) is 5.14 Å². The molecule has 1 fully saturated rings. The van der Waals surface area contributed by atoms with Crippen molar-refractivity contribution in [1.82, 2.24) is 4.90 Å². The van der Waals surface area contributed by atoms with E-state index in [2.05, 4.69) is 0 Å². The minimum absolute atomic E-state index is 0.133. The minimum atomic E-state index is -3.90. The lowest BCUT2D eigenvalue weighted by Crippen LogP contribution is -2.51. The summed E-state index contributed by atoms with van der Waals surface area (Å²) in [6.07, 6.45) is 0.412. The zero-order valence-electron chi connectivity index (χ0n) is 17.8. The predicted octanol–water partition coefficient (Wildman–Crippen LogP) is 1.67. The van der Waals surface area contributed by atoms with Crippen LogP contribution in [-0.2, 0) is 24.4 Å². The van der Waals surface area contributed by atoms with Crippen LogP contribution in [-0.4, -0.2) is 49.7 Å². The van der Waals surface area contributed by atoms with Crippen molar-refractivity contribution in [3.63, 3.8) is 0 Å². The molecule has 0 radical (unpaired) electrons. The van der Waals surface area contributed by atoms with Gasteiger partial charge in [-0.2, -0.15) is 0 Å². The van der Waals surface area contributed by atoms with Gasteiger partial charge in [0.1, 0.15) is 11.8 Å². The Hall–Kier alpha value is -3.24. The number of benzene rings is 2. The largest absolute Gasteiger partial charge is 0.484 e. The first-order chi connectivity index (χ1) is 15.1. The number of carbonyl (C=O) groups is 3. The molecule has 1 heterocycles. The number of carbonyl (C=O) groups excluding carboxylic acids is 3. The summed E-state index contributed by atoms with van der Waals surface area (Å²) in [6, 6.07) is 12.7. The maximum absolute atomic E-state index is 13.2. The normalized spacial score (nSPS) is 17.3. The topological polar surface area (TPSA) is 127 Å². The van der Waals surface area contributed by atoms with Gasteiger partial charge >= 0.3 is 0 Å². The van der Waals surface area contributed by atoms with Gasteiger partial charge in [0.05, 0.1) is 17.0 Å². The Kier molecular flexibility index (Phi) is 6.95. The zero-order chi connectivity index (χ0) is 23.5. The van der Waals surface area contributed by atoms with Gasteiger partial charge in [0.25, 0.3) is 11.8 Å². The summed E-state index contributed by atoms with van der Waals surface area (Å²) in [4.78, 5) is 41.1. The van der Waals surface area contributed by atoms with Crippen molar-refractivity contribution in [3.8, 4) is 5.75 Å². The predicted molar refractivity (Wildman–Crippen MR) is 117 cm³/mol. The first-order valence-electron chi connectivity index (χ1n) is 10.1. The second kappa shape index (κ2) is 9.49. The van der Waals surface area contributed by atoms with Crippen LogP contribution >= 0.6 is 0 Å². The van der Waals surface area contributed by atoms with E-state index in [4.69, 9.17) is 9.88 Å². The molecule has 2 aromatic rings. The van der Waals surface area contributed by atoms with Gasteiger partial charge in [0.2, 0.25) is 15.9 Å². The van der Waals surface area contributed by atoms with E-state index < -0.39 is 33.8 Å². The van der Waals surface area contributed by atoms with Crippen LogP contribution in [0.3, 0.4) is 0 Å². The molecule has 0 saturated carbocycles. The molecule has 2 unspecified atom stereocenters. The molecule has 1 aliphatic rings. The Morgan fingerprint density at radius 2 is 1.78 bits per heavy atom. The van der Waals surface area contributed by atoms with Crippen molar-refractivity contribution in [2.75, 3.05) is 11.5 Å². The van der Waals surface area contributed by atoms with E-state index in [1.807, 2.05) is 19.9 Å². The van der Waals surface area contributed by atoms with Crippen LogP contribution in [0.4, 0.5) is 5.69 Å². The van der Waals surface area contributed by atoms with E-state index in [0.717, 1.165) is 4.90 Å². The van der Waals surface area contributed by atoms with Crippen LogP contribution in [0.15, 0.2) is 59.5 Å². The number of amides is 3. The average Bonchev–Trinajstić information content (AvgIpc) is 3.06. The molecule has 170 valence electrons. The second-order valence-electron chi connectivity index (χ2n) is 7.49. The van der Waals surface area contributed by atoms with Gasteiger partial charge in [-0.05, 0) is 49.7 Å². The molecule has 9 nitrogen and oxygen atoms in total. The number of anilines is 1. The fourth-order valence-corrected chi connectivity index (χ4v) is 4.06. The van der Waals surface area contributed by atoms with Crippen molar-refractivity contribution in [3.05, 3.63) is 54.6 Å². The van der Waals surface area contributed by atoms with Crippen LogP contribution in [0, 0.1) is 0 Å². The van der Waals surface area contributed by atoms with Crippen molar-refractivity contribution >= 4 is 33.4 Å². The number of hydrogen-bond acceptors (Lipinski definition) is 6. The summed E-state index contributed by atoms with van der Waals surface area (Å²) in [5.41, 5.74) is 0.215. The van der Waals surface area contributed by atoms with Crippen molar-refractivity contribution in [2.45, 2.75) is 43.7 Å². The molecule has 1 aliphatic heterocycles. The number of sulfonamides is 1. The lowest BCUT2D eigenvalue weighted by Gasteiger charge is -2.32. The number of rotatable bonds is 8. The maximum atomic E-state index is 13.2. The quantitative estimate of drug-likeness (QED) is 0.598. The first kappa shape index (κ1) is 23.4. The minimum Gasteiger partial charge on any atom is -0.484 e. The SMILES string of the molecule is CCC(C)N(C(=O)COc1ccccc1)C1CC(=O)N(c2ccc(S(N)(=O)=O)cc2)C1=O. The Morgan fingerprint density at radius 1 is 1.16 bits per heavy atom. The van der Waals surface area contributed by atoms with E-state index in [-0.39, 0.29) is 29.7 Å². The molecule has 0 spiro atoms. The third-order valence-electron chi connectivity index (χ3n) is 5.34. The number of primary sulfonamides is 1. The summed E-state index contributed by atoms with van der Waals surface area (Å²) >= 11 is 0. The molecule has 3 rings (SSSR count). The molecule has 10 heteroatoms. The number of para-hydroxylation sites is 1. The second-order valence-corrected chi connectivity index (χ2v) is 9.05. The molecule has 2 N–H and O–H groups in total. The average molecular weight is 460 g/mol. The molecular weight excluding hydrogens is 434 g/mol. The van der Waals surface area contributed by atoms with Gasteiger partial charge in [-0.1, -0.05) is 25.1 Å². The molecule has 0 aliphatic carbocycles. The Bertz CT molecular complexity index is 1100. The third kappa shape index (κ3) is 4.97. The van der Waals surface area contributed by atoms with Crippen LogP contribution in [0.5, 0.6) is 5.75 Å². The molecule has 0 aromatic heterocycles. The fourth-order valence-electron chi connectivity index (χ4n) is 3.55. The number of hydrogen-bond donors (Lipinski definition) is 1. The highest BCUT2D eigenvalue weighted by Crippen LogP contribution is 2.28. The molecule has 0 bridgehead atoms. The van der Waals surface area contributed by atoms with E-state index >= 15 is 0 Å². The lowest BCUT2D eigenvalue weighted by molar-refractivity contribution is -0.142. The monoisotopic (exact) mass is 459 g/mol. The van der Waals surface area contributed by atoms with Crippen LogP contribution < -0.4 is 14.8 Å². The molecule has 2 atom stereocenters. The molecule has 32 heavy (non-hydrogen) atoms. The highest BCUT2D eigenvalue weighted by atomic mass is 32.2. The van der Waals surface area contributed by atoms with Crippen LogP contribution in [0.25, 0.3) is 0 Å². The van der Waals surface area contributed by atoms with Gasteiger partial charge in [-0.3, -0.25) is 14.4 Å². The molecule has 2 aromatic carbocycles. The number of nitrogens with two attached hydrogens (primary N) is 1. The van der Waals surface area contributed by atoms with E-state index in [0.29, 0.717) is 12.2 Å². The smallest absolute Gasteiger partial charge is 0.261 e. The van der Waals surface area contributed by atoms with Crippen LogP contribution in [0.2, 0.25) is 0 Å². The van der Waals surface area contributed by atoms with Gasteiger partial charge in [-0.15, -0.1) is 0 Å². The molecule has 3 amide bonds. The zero-order valence-corrected chi connectivity index (χ0v) is 18.6. The first-order valence-corrected chi connectivity index (χ1v) is 11.7. The van der Waals surface area contributed by atoms with Gasteiger partial charge in [-0.25, -0.2) is 18.5 Å². The molecular formula is C22H25N3O6S. The number of imide groups is 1. The highest BCUT2D eigenvalue weighted by Gasteiger charge is 2.45. The summed E-state index contributed by atoms with van der Waals surface area (Å²) in [6.45, 7) is 3.42. The number of ether oxygens (including phenoxy) is 1. The standard InChI is InChI=1S/C22H25N3O6S/c1-3-15(2)24(21(27)14-31-17-7-5-4-6-8-17)19-13-20(26)25(22(19)28)16-9-11-18(12-10-16)32(23,29)30/h4-12,15,19H,3,13-14H2,1-2H3,(H2,23,29,30). The van der Waals surface area contributed by atoms with E-state index in [9.17, 15) is 22.8 Å². The molecule has 1 saturated heterocycles. The third-order valence-corrected chi connectivity index (χ3v) is 6.27. The summed E-state index contributed by atoms with van der Waals surface area (Å²) in [5.74, 6) is -0.906. The van der Waals surface area contributed by atoms with Gasteiger partial charge in [0, 0.05) is 6.04 Å². The van der Waals surface area contributed by atoms with Crippen molar-refractivity contribution < 1.29 is 27.5 Å². The van der Waals surface area contributed by atoms with E-state index in [1.54, 1.807) is 24.3 Å². The maximum Gasteiger partial charge on any atom is 0.261 e. The summed E-state index contributed by atoms with van der Waals surface area (Å²) < 4.78 is 28.5. The summed E-state index contributed by atoms with van der Waals surface area (Å²) in [5, 5.41) is 5.10. The highest BCUT2D eigenvalue weighted by molar-refractivity contribution is 7.89. The van der Waals surface area contributed by atoms with E-state index in [1.165, 1.54) is 29.2 Å².